The van der Waals surface area contributed by atoms with Crippen molar-refractivity contribution in [3.8, 4) is 6.07 Å². The lowest BCUT2D eigenvalue weighted by Gasteiger charge is -2.42. The number of thiocarbonyl (C=S) groups is 1. The van der Waals surface area contributed by atoms with Gasteiger partial charge in [-0.25, -0.2) is 4.39 Å². The zero-order valence-corrected chi connectivity index (χ0v) is 20.6. The Balaban J connectivity index is 1.44. The van der Waals surface area contributed by atoms with Gasteiger partial charge in [-0.1, -0.05) is 12.1 Å². The summed E-state index contributed by atoms with van der Waals surface area (Å²) in [7, 11) is 0. The molecule has 0 aliphatic carbocycles. The highest BCUT2D eigenvalue weighted by molar-refractivity contribution is 7.81. The molecule has 2 aliphatic heterocycles. The number of carbonyl (C=O) groups is 2. The Hall–Kier alpha value is -4.41. The number of ether oxygens (including phenoxy) is 1. The van der Waals surface area contributed by atoms with Gasteiger partial charge in [0.15, 0.2) is 10.7 Å². The van der Waals surface area contributed by atoms with E-state index in [1.165, 1.54) is 41.4 Å². The van der Waals surface area contributed by atoms with Crippen molar-refractivity contribution in [3.05, 3.63) is 89.0 Å². The van der Waals surface area contributed by atoms with Gasteiger partial charge in [0.05, 0.1) is 36.1 Å². The van der Waals surface area contributed by atoms with Crippen LogP contribution in [0.25, 0.3) is 0 Å². The van der Waals surface area contributed by atoms with Crippen LogP contribution in [0, 0.1) is 17.1 Å². The number of hydrogen-bond acceptors (Lipinski definition) is 6. The van der Waals surface area contributed by atoms with Crippen molar-refractivity contribution in [2.75, 3.05) is 23.0 Å². The molecule has 198 valence electrons. The molecule has 13 heteroatoms. The third-order valence-electron chi connectivity index (χ3n) is 6.41. The van der Waals surface area contributed by atoms with Crippen LogP contribution in [0.5, 0.6) is 0 Å². The van der Waals surface area contributed by atoms with Crippen LogP contribution in [-0.2, 0) is 22.3 Å². The maximum Gasteiger partial charge on any atom is 0.417 e. The molecule has 0 unspecified atom stereocenters. The second-order valence-electron chi connectivity index (χ2n) is 8.80. The van der Waals surface area contributed by atoms with Gasteiger partial charge in [0.1, 0.15) is 11.5 Å². The van der Waals surface area contributed by atoms with E-state index in [0.29, 0.717) is 6.07 Å². The number of pyridine rings is 1. The monoisotopic (exact) mass is 555 g/mol. The molecule has 2 saturated heterocycles. The van der Waals surface area contributed by atoms with Crippen molar-refractivity contribution >= 4 is 40.5 Å². The number of amides is 2. The first-order valence-corrected chi connectivity index (χ1v) is 11.8. The Morgan fingerprint density at radius 2 is 1.90 bits per heavy atom. The quantitative estimate of drug-likeness (QED) is 0.376. The lowest BCUT2D eigenvalue weighted by atomic mass is 9.94. The van der Waals surface area contributed by atoms with Gasteiger partial charge in [0.2, 0.25) is 0 Å². The molecule has 0 atom stereocenters. The number of halogens is 4. The summed E-state index contributed by atoms with van der Waals surface area (Å²) in [6.07, 6.45) is -3.39. The normalized spacial score (nSPS) is 16.3. The number of rotatable bonds is 5. The molecular weight excluding hydrogens is 538 g/mol. The van der Waals surface area contributed by atoms with Crippen molar-refractivity contribution in [2.45, 2.75) is 18.3 Å². The molecule has 5 rings (SSSR count). The minimum atomic E-state index is -4.84. The number of nitrogens with one attached hydrogen (secondary N) is 1. The number of nitrogens with zero attached hydrogens (tertiary/aromatic N) is 4. The standard InChI is InChI=1S/C26H17F4N5O3S/c27-20-10-18(7-5-16(20)12-33-22(36)21-3-1-2-8-32-21)35-24(39)34(23(37)25(35)13-38-14-25)17-6-4-15(11-31)19(9-17)26(28,29)30/h1-10H,12-14H2,(H,33,36). The summed E-state index contributed by atoms with van der Waals surface area (Å²) in [4.78, 5) is 32.0. The molecule has 1 spiro atoms. The summed E-state index contributed by atoms with van der Waals surface area (Å²) in [5, 5.41) is 11.5. The van der Waals surface area contributed by atoms with Gasteiger partial charge in [-0.05, 0) is 54.7 Å². The molecule has 1 aromatic heterocycles. The van der Waals surface area contributed by atoms with Crippen molar-refractivity contribution in [2.24, 2.45) is 0 Å². The lowest BCUT2D eigenvalue weighted by Crippen LogP contribution is -2.64. The Morgan fingerprint density at radius 1 is 1.15 bits per heavy atom. The third-order valence-corrected chi connectivity index (χ3v) is 6.78. The molecule has 2 amide bonds. The minimum Gasteiger partial charge on any atom is -0.375 e. The molecule has 2 aromatic carbocycles. The Kier molecular flexibility index (Phi) is 6.53. The fourth-order valence-corrected chi connectivity index (χ4v) is 4.86. The Labute approximate surface area is 224 Å². The molecule has 3 aromatic rings. The molecule has 0 saturated carbocycles. The minimum absolute atomic E-state index is 0.117. The average molecular weight is 556 g/mol. The number of nitriles is 1. The summed E-state index contributed by atoms with van der Waals surface area (Å²) < 4.78 is 61.1. The van der Waals surface area contributed by atoms with Gasteiger partial charge >= 0.3 is 6.18 Å². The SMILES string of the molecule is N#Cc1ccc(N2C(=O)C3(COC3)N(c3ccc(CNC(=O)c4ccccn4)c(F)c3)C2=S)cc1C(F)(F)F. The molecule has 39 heavy (non-hydrogen) atoms. The van der Waals surface area contributed by atoms with Gasteiger partial charge in [0.25, 0.3) is 11.8 Å². The van der Waals surface area contributed by atoms with Crippen LogP contribution in [0.15, 0.2) is 60.8 Å². The van der Waals surface area contributed by atoms with E-state index < -0.39 is 40.5 Å². The van der Waals surface area contributed by atoms with Crippen molar-refractivity contribution < 1.29 is 31.9 Å². The zero-order valence-electron chi connectivity index (χ0n) is 19.8. The predicted molar refractivity (Wildman–Crippen MR) is 134 cm³/mol. The summed E-state index contributed by atoms with van der Waals surface area (Å²) in [5.41, 5.74) is -2.87. The summed E-state index contributed by atoms with van der Waals surface area (Å²) >= 11 is 5.51. The first kappa shape index (κ1) is 26.2. The maximum absolute atomic E-state index is 15.1. The summed E-state index contributed by atoms with van der Waals surface area (Å²) in [5.74, 6) is -1.83. The fraction of sp³-hybridized carbons (Fsp3) is 0.192. The molecule has 8 nitrogen and oxygen atoms in total. The van der Waals surface area contributed by atoms with Crippen LogP contribution >= 0.6 is 12.2 Å². The summed E-state index contributed by atoms with van der Waals surface area (Å²) in [6, 6.07) is 13.2. The second kappa shape index (κ2) is 9.72. The molecule has 1 N–H and O–H groups in total. The van der Waals surface area contributed by atoms with Crippen molar-refractivity contribution in [1.29, 1.82) is 5.26 Å². The van der Waals surface area contributed by atoms with E-state index in [1.807, 2.05) is 0 Å². The number of carbonyl (C=O) groups excluding carboxylic acids is 2. The highest BCUT2D eigenvalue weighted by Gasteiger charge is 2.61. The van der Waals surface area contributed by atoms with E-state index in [2.05, 4.69) is 10.3 Å². The van der Waals surface area contributed by atoms with Crippen molar-refractivity contribution in [1.82, 2.24) is 10.3 Å². The fourth-order valence-electron chi connectivity index (χ4n) is 4.39. The third kappa shape index (κ3) is 4.47. The molecule has 2 fully saturated rings. The van der Waals surface area contributed by atoms with Gasteiger partial charge < -0.3 is 10.1 Å². The van der Waals surface area contributed by atoms with Crippen LogP contribution in [0.3, 0.4) is 0 Å². The van der Waals surface area contributed by atoms with Crippen LogP contribution in [-0.4, -0.2) is 40.7 Å². The van der Waals surface area contributed by atoms with Gasteiger partial charge in [0, 0.05) is 24.0 Å². The van der Waals surface area contributed by atoms with E-state index >= 15 is 4.39 Å². The predicted octanol–water partition coefficient (Wildman–Crippen LogP) is 3.95. The molecule has 0 bridgehead atoms. The van der Waals surface area contributed by atoms with E-state index in [1.54, 1.807) is 12.1 Å². The van der Waals surface area contributed by atoms with Crippen LogP contribution in [0.4, 0.5) is 28.9 Å². The molecule has 3 heterocycles. The average Bonchev–Trinajstić information content (AvgIpc) is 3.14. The van der Waals surface area contributed by atoms with E-state index in [-0.39, 0.29) is 47.5 Å². The number of aromatic nitrogens is 1. The molecular formula is C26H17F4N5O3S. The number of benzene rings is 2. The summed E-state index contributed by atoms with van der Waals surface area (Å²) in [6.45, 7) is -0.375. The topological polar surface area (TPSA) is 98.6 Å². The zero-order chi connectivity index (χ0) is 27.9. The van der Waals surface area contributed by atoms with E-state index in [0.717, 1.165) is 17.0 Å². The first-order chi connectivity index (χ1) is 18.6. The maximum atomic E-state index is 15.1. The number of alkyl halides is 3. The van der Waals surface area contributed by atoms with Gasteiger partial charge in [-0.15, -0.1) is 0 Å². The highest BCUT2D eigenvalue weighted by atomic mass is 32.1. The largest absolute Gasteiger partial charge is 0.417 e. The smallest absolute Gasteiger partial charge is 0.375 e. The van der Waals surface area contributed by atoms with Crippen LogP contribution in [0.2, 0.25) is 0 Å². The van der Waals surface area contributed by atoms with Gasteiger partial charge in [-0.3, -0.25) is 24.4 Å². The van der Waals surface area contributed by atoms with Gasteiger partial charge in [-0.2, -0.15) is 18.4 Å². The van der Waals surface area contributed by atoms with Crippen LogP contribution < -0.4 is 15.1 Å². The molecule has 0 radical (unpaired) electrons. The highest BCUT2D eigenvalue weighted by Crippen LogP contribution is 2.42. The lowest BCUT2D eigenvalue weighted by molar-refractivity contribution is -0.138. The number of hydrogen-bond donors (Lipinski definition) is 1. The Morgan fingerprint density at radius 3 is 2.49 bits per heavy atom. The van der Waals surface area contributed by atoms with E-state index in [9.17, 15) is 22.8 Å². The molecule has 2 aliphatic rings. The van der Waals surface area contributed by atoms with E-state index in [4.69, 9.17) is 22.2 Å². The van der Waals surface area contributed by atoms with Crippen molar-refractivity contribution in [3.63, 3.8) is 0 Å². The Bertz CT molecular complexity index is 1540. The number of anilines is 2. The van der Waals surface area contributed by atoms with Crippen LogP contribution in [0.1, 0.15) is 27.2 Å². The first-order valence-electron chi connectivity index (χ1n) is 11.4. The second-order valence-corrected chi connectivity index (χ2v) is 9.16.